The molecule has 1 atom stereocenters. The molecule has 1 aliphatic heterocycles. The molecule has 1 aromatic heterocycles. The molecular formula is C9H13N3O2. The smallest absolute Gasteiger partial charge is 0.228 e. The fraction of sp³-hybridized carbons (Fsp3) is 0.556. The molecule has 1 fully saturated rings. The fourth-order valence-corrected chi connectivity index (χ4v) is 1.52. The van der Waals surface area contributed by atoms with Crippen molar-refractivity contribution in [3.05, 3.63) is 12.3 Å². The van der Waals surface area contributed by atoms with Crippen LogP contribution in [0.2, 0.25) is 0 Å². The minimum absolute atomic E-state index is 0.259. The molecule has 0 spiro atoms. The van der Waals surface area contributed by atoms with Gasteiger partial charge in [-0.3, -0.25) is 0 Å². The monoisotopic (exact) mass is 195 g/mol. The van der Waals surface area contributed by atoms with Crippen molar-refractivity contribution >= 4 is 5.95 Å². The van der Waals surface area contributed by atoms with Crippen molar-refractivity contribution in [1.29, 1.82) is 0 Å². The first-order valence-corrected chi connectivity index (χ1v) is 4.59. The maximum atomic E-state index is 9.36. The summed E-state index contributed by atoms with van der Waals surface area (Å²) in [6.07, 6.45) is 2.18. The van der Waals surface area contributed by atoms with E-state index in [1.54, 1.807) is 19.4 Å². The number of anilines is 1. The zero-order chi connectivity index (χ0) is 9.97. The summed E-state index contributed by atoms with van der Waals surface area (Å²) in [5.41, 5.74) is 0. The van der Waals surface area contributed by atoms with Crippen molar-refractivity contribution in [2.24, 2.45) is 0 Å². The van der Waals surface area contributed by atoms with E-state index in [4.69, 9.17) is 4.74 Å². The maximum Gasteiger partial charge on any atom is 0.228 e. The molecule has 1 unspecified atom stereocenters. The number of nitrogens with zero attached hydrogens (tertiary/aromatic N) is 3. The molecule has 1 aromatic rings. The molecule has 0 radical (unpaired) electrons. The van der Waals surface area contributed by atoms with Crippen LogP contribution >= 0.6 is 0 Å². The summed E-state index contributed by atoms with van der Waals surface area (Å²) in [6.45, 7) is 1.40. The van der Waals surface area contributed by atoms with Crippen molar-refractivity contribution in [3.8, 4) is 5.88 Å². The molecule has 0 saturated carbocycles. The zero-order valence-corrected chi connectivity index (χ0v) is 8.05. The first kappa shape index (κ1) is 9.21. The molecule has 1 N–H and O–H groups in total. The number of aliphatic hydroxyl groups excluding tert-OH is 1. The largest absolute Gasteiger partial charge is 0.481 e. The van der Waals surface area contributed by atoms with Crippen LogP contribution in [0.25, 0.3) is 0 Å². The van der Waals surface area contributed by atoms with E-state index in [2.05, 4.69) is 9.97 Å². The Morgan fingerprint density at radius 1 is 1.64 bits per heavy atom. The highest BCUT2D eigenvalue weighted by atomic mass is 16.5. The molecular weight excluding hydrogens is 182 g/mol. The lowest BCUT2D eigenvalue weighted by Gasteiger charge is -2.14. The Balaban J connectivity index is 2.15. The first-order valence-electron chi connectivity index (χ1n) is 4.59. The van der Waals surface area contributed by atoms with Crippen LogP contribution in [0.4, 0.5) is 5.95 Å². The SMILES string of the molecule is COc1ccnc(N2CCC(O)C2)n1. The van der Waals surface area contributed by atoms with Crippen molar-refractivity contribution in [2.45, 2.75) is 12.5 Å². The summed E-state index contributed by atoms with van der Waals surface area (Å²) in [7, 11) is 1.57. The molecule has 1 saturated heterocycles. The van der Waals surface area contributed by atoms with Crippen LogP contribution in [-0.2, 0) is 0 Å². The third-order valence-electron chi connectivity index (χ3n) is 2.27. The van der Waals surface area contributed by atoms with E-state index in [1.807, 2.05) is 4.90 Å². The summed E-state index contributed by atoms with van der Waals surface area (Å²) in [6, 6.07) is 1.70. The van der Waals surface area contributed by atoms with Gasteiger partial charge in [-0.15, -0.1) is 0 Å². The van der Waals surface area contributed by atoms with Gasteiger partial charge >= 0.3 is 0 Å². The average Bonchev–Trinajstić information content (AvgIpc) is 2.65. The van der Waals surface area contributed by atoms with Crippen molar-refractivity contribution in [1.82, 2.24) is 9.97 Å². The van der Waals surface area contributed by atoms with Gasteiger partial charge in [-0.25, -0.2) is 4.98 Å². The van der Waals surface area contributed by atoms with Crippen molar-refractivity contribution in [3.63, 3.8) is 0 Å². The molecule has 0 amide bonds. The molecule has 0 aliphatic carbocycles. The molecule has 5 heteroatoms. The highest BCUT2D eigenvalue weighted by Crippen LogP contribution is 2.17. The van der Waals surface area contributed by atoms with Gasteiger partial charge in [0.2, 0.25) is 11.8 Å². The van der Waals surface area contributed by atoms with Crippen LogP contribution in [0.15, 0.2) is 12.3 Å². The van der Waals surface area contributed by atoms with E-state index >= 15 is 0 Å². The van der Waals surface area contributed by atoms with Gasteiger partial charge in [0.25, 0.3) is 0 Å². The molecule has 5 nitrogen and oxygen atoms in total. The Morgan fingerprint density at radius 3 is 3.14 bits per heavy atom. The normalized spacial score (nSPS) is 21.3. The van der Waals surface area contributed by atoms with E-state index in [0.29, 0.717) is 18.4 Å². The van der Waals surface area contributed by atoms with Gasteiger partial charge in [0.05, 0.1) is 13.2 Å². The lowest BCUT2D eigenvalue weighted by molar-refractivity contribution is 0.198. The molecule has 2 rings (SSSR count). The summed E-state index contributed by atoms with van der Waals surface area (Å²) in [5.74, 6) is 1.18. The average molecular weight is 195 g/mol. The van der Waals surface area contributed by atoms with Crippen LogP contribution in [0, 0.1) is 0 Å². The predicted molar refractivity (Wildman–Crippen MR) is 51.4 cm³/mol. The van der Waals surface area contributed by atoms with Crippen LogP contribution in [-0.4, -0.2) is 41.4 Å². The van der Waals surface area contributed by atoms with Crippen LogP contribution in [0.5, 0.6) is 5.88 Å². The Morgan fingerprint density at radius 2 is 2.50 bits per heavy atom. The number of aromatic nitrogens is 2. The van der Waals surface area contributed by atoms with Gasteiger partial charge in [0.1, 0.15) is 0 Å². The first-order chi connectivity index (χ1) is 6.79. The van der Waals surface area contributed by atoms with Gasteiger partial charge in [0, 0.05) is 25.4 Å². The minimum atomic E-state index is -0.259. The van der Waals surface area contributed by atoms with E-state index in [9.17, 15) is 5.11 Å². The molecule has 2 heterocycles. The molecule has 0 bridgehead atoms. The fourth-order valence-electron chi connectivity index (χ4n) is 1.52. The van der Waals surface area contributed by atoms with E-state index in [1.165, 1.54) is 0 Å². The Kier molecular flexibility index (Phi) is 2.49. The van der Waals surface area contributed by atoms with Gasteiger partial charge in [-0.2, -0.15) is 4.98 Å². The highest BCUT2D eigenvalue weighted by Gasteiger charge is 2.22. The molecule has 76 valence electrons. The molecule has 0 aromatic carbocycles. The lowest BCUT2D eigenvalue weighted by atomic mass is 10.3. The Labute approximate surface area is 82.4 Å². The summed E-state index contributed by atoms with van der Waals surface area (Å²) >= 11 is 0. The summed E-state index contributed by atoms with van der Waals surface area (Å²) in [4.78, 5) is 10.3. The number of methoxy groups -OCH3 is 1. The van der Waals surface area contributed by atoms with Crippen LogP contribution in [0.1, 0.15) is 6.42 Å². The van der Waals surface area contributed by atoms with Crippen molar-refractivity contribution in [2.75, 3.05) is 25.1 Å². The van der Waals surface area contributed by atoms with Gasteiger partial charge in [-0.1, -0.05) is 0 Å². The minimum Gasteiger partial charge on any atom is -0.481 e. The standard InChI is InChI=1S/C9H13N3O2/c1-14-8-2-4-10-9(11-8)12-5-3-7(13)6-12/h2,4,7,13H,3,5-6H2,1H3. The van der Waals surface area contributed by atoms with Gasteiger partial charge in [0.15, 0.2) is 0 Å². The molecule has 14 heavy (non-hydrogen) atoms. The zero-order valence-electron chi connectivity index (χ0n) is 8.05. The second-order valence-electron chi connectivity index (χ2n) is 3.29. The van der Waals surface area contributed by atoms with Crippen molar-refractivity contribution < 1.29 is 9.84 Å². The molecule has 1 aliphatic rings. The van der Waals surface area contributed by atoms with Crippen LogP contribution < -0.4 is 9.64 Å². The van der Waals surface area contributed by atoms with E-state index < -0.39 is 0 Å². The maximum absolute atomic E-state index is 9.36. The second-order valence-corrected chi connectivity index (χ2v) is 3.29. The Bertz CT molecular complexity index is 319. The number of hydrogen-bond donors (Lipinski definition) is 1. The number of ether oxygens (including phenoxy) is 1. The van der Waals surface area contributed by atoms with E-state index in [0.717, 1.165) is 13.0 Å². The number of aliphatic hydroxyl groups is 1. The van der Waals surface area contributed by atoms with Crippen LogP contribution in [0.3, 0.4) is 0 Å². The predicted octanol–water partition coefficient (Wildman–Crippen LogP) is 0.0562. The Hall–Kier alpha value is -1.36. The third-order valence-corrected chi connectivity index (χ3v) is 2.27. The number of rotatable bonds is 2. The van der Waals surface area contributed by atoms with Gasteiger partial charge < -0.3 is 14.7 Å². The highest BCUT2D eigenvalue weighted by molar-refractivity contribution is 5.33. The number of β-amino-alcohol motifs (C(OH)–C–C–N with tert-alkyl or cyclic N) is 1. The third kappa shape index (κ3) is 1.77. The topological polar surface area (TPSA) is 58.5 Å². The lowest BCUT2D eigenvalue weighted by Crippen LogP contribution is -2.23. The summed E-state index contributed by atoms with van der Waals surface area (Å²) < 4.78 is 5.00. The van der Waals surface area contributed by atoms with E-state index in [-0.39, 0.29) is 6.10 Å². The quantitative estimate of drug-likeness (QED) is 0.723. The van der Waals surface area contributed by atoms with Gasteiger partial charge in [-0.05, 0) is 6.42 Å². The number of hydrogen-bond acceptors (Lipinski definition) is 5. The second kappa shape index (κ2) is 3.79. The summed E-state index contributed by atoms with van der Waals surface area (Å²) in [5, 5.41) is 9.36.